The van der Waals surface area contributed by atoms with Crippen LogP contribution in [0.2, 0.25) is 0 Å². The van der Waals surface area contributed by atoms with Crippen LogP contribution in [-0.2, 0) is 15.1 Å². The van der Waals surface area contributed by atoms with E-state index in [9.17, 15) is 9.59 Å². The highest BCUT2D eigenvalue weighted by atomic mass is 16.2. The van der Waals surface area contributed by atoms with Crippen LogP contribution in [0.15, 0.2) is 54.6 Å². The zero-order valence-electron chi connectivity index (χ0n) is 17.0. The highest BCUT2D eigenvalue weighted by molar-refractivity contribution is 6.11. The molecule has 5 rings (SSSR count). The topological polar surface area (TPSA) is 49.4 Å². The highest BCUT2D eigenvalue weighted by Crippen LogP contribution is 2.65. The maximum Gasteiger partial charge on any atom is 0.250 e. The Labute approximate surface area is 172 Å². The van der Waals surface area contributed by atoms with E-state index in [1.807, 2.05) is 49.5 Å². The molecule has 2 aromatic rings. The molecule has 2 heterocycles. The fourth-order valence-corrected chi connectivity index (χ4v) is 6.46. The fourth-order valence-electron chi connectivity index (χ4n) is 6.46. The Kier molecular flexibility index (Phi) is 4.36. The Bertz CT molecular complexity index is 956. The number of ketones is 1. The van der Waals surface area contributed by atoms with E-state index in [0.29, 0.717) is 13.0 Å². The van der Waals surface area contributed by atoms with Gasteiger partial charge in [0, 0.05) is 30.1 Å². The lowest BCUT2D eigenvalue weighted by Gasteiger charge is -2.47. The number of carbonyl (C=O) groups excluding carboxylic acids is 2. The number of anilines is 1. The Morgan fingerprint density at radius 1 is 0.931 bits per heavy atom. The number of likely N-dealkylation sites (N-methyl/N-ethyl adjacent to an activating group) is 1. The third-order valence-electron chi connectivity index (χ3n) is 7.59. The standard InChI is InChI=1S/C25H28N2O2/c1-27-17-20(18-11-5-4-6-12-18)24(16-10-3-2-7-15-22(24)28)25(27)19-13-8-9-14-21(19)26-23(25)29/h4-6,8-9,11-14,20H,2-3,7,10,15-17H2,1H3,(H,26,29)/t20-,24+,25+/m1/s1. The molecular weight excluding hydrogens is 360 g/mol. The predicted molar refractivity (Wildman–Crippen MR) is 114 cm³/mol. The normalized spacial score (nSPS) is 32.2. The second-order valence-corrected chi connectivity index (χ2v) is 8.86. The monoisotopic (exact) mass is 388 g/mol. The van der Waals surface area contributed by atoms with Gasteiger partial charge in [-0.1, -0.05) is 67.8 Å². The van der Waals surface area contributed by atoms with Crippen LogP contribution in [0.25, 0.3) is 0 Å². The van der Waals surface area contributed by atoms with E-state index in [1.54, 1.807) is 0 Å². The summed E-state index contributed by atoms with van der Waals surface area (Å²) in [5.41, 5.74) is 1.33. The van der Waals surface area contributed by atoms with Crippen molar-refractivity contribution in [1.29, 1.82) is 0 Å². The molecule has 29 heavy (non-hydrogen) atoms. The van der Waals surface area contributed by atoms with Gasteiger partial charge in [0.25, 0.3) is 5.91 Å². The molecule has 0 aromatic heterocycles. The van der Waals surface area contributed by atoms with Crippen LogP contribution in [0.5, 0.6) is 0 Å². The number of carbonyl (C=O) groups is 2. The quantitative estimate of drug-likeness (QED) is 0.784. The molecule has 2 spiro atoms. The molecule has 150 valence electrons. The zero-order chi connectivity index (χ0) is 20.1. The van der Waals surface area contributed by atoms with Crippen molar-refractivity contribution in [2.75, 3.05) is 18.9 Å². The van der Waals surface area contributed by atoms with E-state index in [0.717, 1.165) is 43.4 Å². The first-order valence-electron chi connectivity index (χ1n) is 10.8. The van der Waals surface area contributed by atoms with Crippen LogP contribution in [0.1, 0.15) is 55.6 Å². The second-order valence-electron chi connectivity index (χ2n) is 8.86. The summed E-state index contributed by atoms with van der Waals surface area (Å²) in [6, 6.07) is 18.3. The van der Waals surface area contributed by atoms with Gasteiger partial charge in [-0.2, -0.15) is 0 Å². The number of nitrogens with zero attached hydrogens (tertiary/aromatic N) is 1. The molecular formula is C25H28N2O2. The van der Waals surface area contributed by atoms with Crippen LogP contribution in [-0.4, -0.2) is 30.2 Å². The third-order valence-corrected chi connectivity index (χ3v) is 7.59. The molecule has 3 atom stereocenters. The fraction of sp³-hybridized carbons (Fsp3) is 0.440. The van der Waals surface area contributed by atoms with Crippen molar-refractivity contribution in [3.05, 3.63) is 65.7 Å². The average Bonchev–Trinajstić information content (AvgIpc) is 3.18. The van der Waals surface area contributed by atoms with Gasteiger partial charge in [-0.05, 0) is 31.5 Å². The first kappa shape index (κ1) is 18.6. The maximum absolute atomic E-state index is 14.0. The summed E-state index contributed by atoms with van der Waals surface area (Å²) < 4.78 is 0. The van der Waals surface area contributed by atoms with Crippen molar-refractivity contribution in [3.63, 3.8) is 0 Å². The van der Waals surface area contributed by atoms with Gasteiger partial charge in [0.2, 0.25) is 0 Å². The summed E-state index contributed by atoms with van der Waals surface area (Å²) in [4.78, 5) is 30.0. The number of para-hydroxylation sites is 1. The zero-order valence-corrected chi connectivity index (χ0v) is 17.0. The first-order valence-corrected chi connectivity index (χ1v) is 10.8. The average molecular weight is 389 g/mol. The minimum Gasteiger partial charge on any atom is -0.324 e. The molecule has 2 aliphatic heterocycles. The van der Waals surface area contributed by atoms with Crippen LogP contribution in [0.3, 0.4) is 0 Å². The van der Waals surface area contributed by atoms with E-state index >= 15 is 0 Å². The van der Waals surface area contributed by atoms with Crippen LogP contribution in [0.4, 0.5) is 5.69 Å². The number of hydrogen-bond donors (Lipinski definition) is 1. The van der Waals surface area contributed by atoms with E-state index in [-0.39, 0.29) is 17.6 Å². The molecule has 3 aliphatic rings. The van der Waals surface area contributed by atoms with Gasteiger partial charge in [-0.25, -0.2) is 0 Å². The molecule has 1 amide bonds. The number of amides is 1. The van der Waals surface area contributed by atoms with Crippen molar-refractivity contribution in [3.8, 4) is 0 Å². The lowest BCUT2D eigenvalue weighted by molar-refractivity contribution is -0.146. The van der Waals surface area contributed by atoms with Crippen molar-refractivity contribution < 1.29 is 9.59 Å². The summed E-state index contributed by atoms with van der Waals surface area (Å²) in [7, 11) is 2.03. The van der Waals surface area contributed by atoms with E-state index < -0.39 is 11.0 Å². The number of hydrogen-bond acceptors (Lipinski definition) is 3. The van der Waals surface area contributed by atoms with E-state index in [2.05, 4.69) is 22.3 Å². The van der Waals surface area contributed by atoms with Gasteiger partial charge in [0.15, 0.2) is 0 Å². The van der Waals surface area contributed by atoms with Gasteiger partial charge in [-0.15, -0.1) is 0 Å². The number of nitrogens with one attached hydrogen (secondary N) is 1. The van der Waals surface area contributed by atoms with Crippen molar-refractivity contribution in [2.24, 2.45) is 5.41 Å². The van der Waals surface area contributed by atoms with Crippen molar-refractivity contribution >= 4 is 17.4 Å². The number of benzene rings is 2. The Morgan fingerprint density at radius 3 is 2.48 bits per heavy atom. The molecule has 2 fully saturated rings. The summed E-state index contributed by atoms with van der Waals surface area (Å²) in [5.74, 6) is 0.243. The second kappa shape index (κ2) is 6.81. The molecule has 4 heteroatoms. The number of likely N-dealkylation sites (tertiary alicyclic amines) is 1. The molecule has 1 aliphatic carbocycles. The Balaban J connectivity index is 1.80. The number of fused-ring (bicyclic) bond motifs is 3. The lowest BCUT2D eigenvalue weighted by Crippen LogP contribution is -2.59. The molecule has 0 radical (unpaired) electrons. The Morgan fingerprint density at radius 2 is 1.66 bits per heavy atom. The van der Waals surface area contributed by atoms with Crippen LogP contribution < -0.4 is 5.32 Å². The summed E-state index contributed by atoms with van der Waals surface area (Å²) in [6.45, 7) is 0.706. The number of Topliss-reactive ketones (excluding diaryl/α,β-unsaturated/α-hetero) is 1. The minimum atomic E-state index is -0.932. The van der Waals surface area contributed by atoms with E-state index in [4.69, 9.17) is 0 Å². The van der Waals surface area contributed by atoms with Gasteiger partial charge in [0.05, 0.1) is 5.41 Å². The maximum atomic E-state index is 14.0. The SMILES string of the molecule is CN1C[C@H](c2ccccc2)[C@]2(CCCCCCC2=O)[C@]12C(=O)Nc1ccccc12. The molecule has 1 saturated carbocycles. The van der Waals surface area contributed by atoms with E-state index in [1.165, 1.54) is 5.56 Å². The van der Waals surface area contributed by atoms with Crippen LogP contribution >= 0.6 is 0 Å². The van der Waals surface area contributed by atoms with Gasteiger partial charge in [-0.3, -0.25) is 14.5 Å². The van der Waals surface area contributed by atoms with Crippen LogP contribution in [0, 0.1) is 5.41 Å². The smallest absolute Gasteiger partial charge is 0.250 e. The number of rotatable bonds is 1. The molecule has 1 N–H and O–H groups in total. The molecule has 2 aromatic carbocycles. The summed E-state index contributed by atoms with van der Waals surface area (Å²) >= 11 is 0. The predicted octanol–water partition coefficient (Wildman–Crippen LogP) is 4.47. The van der Waals surface area contributed by atoms with Gasteiger partial charge >= 0.3 is 0 Å². The largest absolute Gasteiger partial charge is 0.324 e. The molecule has 4 nitrogen and oxygen atoms in total. The molecule has 1 saturated heterocycles. The highest BCUT2D eigenvalue weighted by Gasteiger charge is 2.72. The summed E-state index contributed by atoms with van der Waals surface area (Å²) in [5, 5.41) is 3.13. The van der Waals surface area contributed by atoms with Crippen molar-refractivity contribution in [2.45, 2.75) is 50.0 Å². The molecule has 0 bridgehead atoms. The van der Waals surface area contributed by atoms with Gasteiger partial charge < -0.3 is 5.32 Å². The minimum absolute atomic E-state index is 0.0104. The summed E-state index contributed by atoms with van der Waals surface area (Å²) in [6.07, 6.45) is 5.46. The van der Waals surface area contributed by atoms with Crippen molar-refractivity contribution in [1.82, 2.24) is 4.90 Å². The lowest BCUT2D eigenvalue weighted by atomic mass is 9.55. The molecule has 0 unspecified atom stereocenters. The first-order chi connectivity index (χ1) is 14.1. The van der Waals surface area contributed by atoms with Gasteiger partial charge in [0.1, 0.15) is 11.3 Å². The third kappa shape index (κ3) is 2.35. The Hall–Kier alpha value is -2.46.